The van der Waals surface area contributed by atoms with E-state index in [1.54, 1.807) is 47.4 Å². The van der Waals surface area contributed by atoms with Crippen molar-refractivity contribution in [2.24, 2.45) is 0 Å². The maximum Gasteiger partial charge on any atom is 0.260 e. The number of carbonyl (C=O) groups excluding carboxylic acids is 2. The Labute approximate surface area is 196 Å². The van der Waals surface area contributed by atoms with Gasteiger partial charge in [0.2, 0.25) is 0 Å². The number of halogens is 2. The molecule has 0 unspecified atom stereocenters. The summed E-state index contributed by atoms with van der Waals surface area (Å²) in [4.78, 5) is 29.1. The van der Waals surface area contributed by atoms with Crippen LogP contribution < -0.4 is 15.0 Å². The lowest BCUT2D eigenvalue weighted by Crippen LogP contribution is -2.50. The highest BCUT2D eigenvalue weighted by molar-refractivity contribution is 6.31. The average molecular weight is 468 g/mol. The topological polar surface area (TPSA) is 61.9 Å². The number of anilines is 2. The van der Waals surface area contributed by atoms with E-state index in [4.69, 9.17) is 16.3 Å². The largest absolute Gasteiger partial charge is 0.483 e. The molecule has 0 aromatic heterocycles. The number of piperazine rings is 1. The molecule has 4 rings (SSSR count). The van der Waals surface area contributed by atoms with Crippen LogP contribution in [-0.4, -0.2) is 49.5 Å². The molecule has 2 amide bonds. The molecule has 8 heteroatoms. The highest BCUT2D eigenvalue weighted by Gasteiger charge is 2.23. The summed E-state index contributed by atoms with van der Waals surface area (Å²) in [6, 6.07) is 20.3. The van der Waals surface area contributed by atoms with Crippen LogP contribution in [0.15, 0.2) is 72.8 Å². The van der Waals surface area contributed by atoms with Gasteiger partial charge in [-0.2, -0.15) is 0 Å². The quantitative estimate of drug-likeness (QED) is 0.581. The molecule has 3 aromatic rings. The van der Waals surface area contributed by atoms with E-state index in [-0.39, 0.29) is 35.6 Å². The first-order valence-corrected chi connectivity index (χ1v) is 10.9. The number of rotatable bonds is 6. The average Bonchev–Trinajstić information content (AvgIpc) is 2.84. The SMILES string of the molecule is O=C(Nc1ccccc1)c1cc(Cl)ccc1OCC(=O)N1CCN(c2ccccc2F)CC1. The molecule has 0 spiro atoms. The number of amides is 2. The minimum atomic E-state index is -0.385. The van der Waals surface area contributed by atoms with Crippen molar-refractivity contribution in [3.05, 3.63) is 89.2 Å². The molecule has 0 radical (unpaired) electrons. The van der Waals surface area contributed by atoms with Crippen molar-refractivity contribution in [1.29, 1.82) is 0 Å². The van der Waals surface area contributed by atoms with Crippen molar-refractivity contribution in [2.75, 3.05) is 43.0 Å². The number of nitrogens with one attached hydrogen (secondary N) is 1. The molecule has 0 saturated carbocycles. The molecule has 0 bridgehead atoms. The van der Waals surface area contributed by atoms with Crippen molar-refractivity contribution >= 4 is 34.8 Å². The van der Waals surface area contributed by atoms with Crippen molar-refractivity contribution in [3.63, 3.8) is 0 Å². The van der Waals surface area contributed by atoms with Crippen LogP contribution in [0.3, 0.4) is 0 Å². The summed E-state index contributed by atoms with van der Waals surface area (Å²) in [6.07, 6.45) is 0. The lowest BCUT2D eigenvalue weighted by Gasteiger charge is -2.36. The summed E-state index contributed by atoms with van der Waals surface area (Å²) in [5.41, 5.74) is 1.41. The second kappa shape index (κ2) is 10.4. The van der Waals surface area contributed by atoms with E-state index in [9.17, 15) is 14.0 Å². The molecule has 170 valence electrons. The monoisotopic (exact) mass is 467 g/mol. The van der Waals surface area contributed by atoms with E-state index in [1.165, 1.54) is 12.1 Å². The molecule has 0 atom stereocenters. The van der Waals surface area contributed by atoms with Crippen LogP contribution in [-0.2, 0) is 4.79 Å². The van der Waals surface area contributed by atoms with Crippen LogP contribution in [0.4, 0.5) is 15.8 Å². The Kier molecular flexibility index (Phi) is 7.10. The van der Waals surface area contributed by atoms with Gasteiger partial charge in [-0.1, -0.05) is 41.9 Å². The van der Waals surface area contributed by atoms with Gasteiger partial charge < -0.3 is 19.9 Å². The minimum Gasteiger partial charge on any atom is -0.483 e. The Morgan fingerprint density at radius 1 is 0.939 bits per heavy atom. The standard InChI is InChI=1S/C25H23ClFN3O3/c26-18-10-11-23(20(16-18)25(32)28-19-6-2-1-3-7-19)33-17-24(31)30-14-12-29(13-15-30)22-9-5-4-8-21(22)27/h1-11,16H,12-15,17H2,(H,28,32). The van der Waals surface area contributed by atoms with E-state index < -0.39 is 0 Å². The number of para-hydroxylation sites is 2. The van der Waals surface area contributed by atoms with Crippen LogP contribution in [0.2, 0.25) is 5.02 Å². The van der Waals surface area contributed by atoms with Crippen LogP contribution in [0, 0.1) is 5.82 Å². The number of nitrogens with zero attached hydrogens (tertiary/aromatic N) is 2. The number of hydrogen-bond acceptors (Lipinski definition) is 4. The van der Waals surface area contributed by atoms with E-state index in [1.807, 2.05) is 23.1 Å². The Morgan fingerprint density at radius 3 is 2.36 bits per heavy atom. The van der Waals surface area contributed by atoms with Crippen molar-refractivity contribution in [2.45, 2.75) is 0 Å². The fourth-order valence-electron chi connectivity index (χ4n) is 3.66. The van der Waals surface area contributed by atoms with Crippen LogP contribution in [0.25, 0.3) is 0 Å². The second-order valence-corrected chi connectivity index (χ2v) is 8.00. The summed E-state index contributed by atoms with van der Waals surface area (Å²) < 4.78 is 19.7. The number of ether oxygens (including phenoxy) is 1. The van der Waals surface area contributed by atoms with Crippen molar-refractivity contribution in [1.82, 2.24) is 4.90 Å². The molecule has 0 aliphatic carbocycles. The molecule has 1 N–H and O–H groups in total. The van der Waals surface area contributed by atoms with E-state index in [2.05, 4.69) is 5.32 Å². The van der Waals surface area contributed by atoms with E-state index >= 15 is 0 Å². The summed E-state index contributed by atoms with van der Waals surface area (Å²) in [6.45, 7) is 1.75. The first-order chi connectivity index (χ1) is 16.0. The maximum absolute atomic E-state index is 14.0. The Balaban J connectivity index is 1.36. The second-order valence-electron chi connectivity index (χ2n) is 7.57. The smallest absolute Gasteiger partial charge is 0.260 e. The third-order valence-corrected chi connectivity index (χ3v) is 5.63. The number of benzene rings is 3. The number of carbonyl (C=O) groups is 2. The maximum atomic E-state index is 14.0. The molecule has 33 heavy (non-hydrogen) atoms. The zero-order valence-corrected chi connectivity index (χ0v) is 18.6. The third-order valence-electron chi connectivity index (χ3n) is 5.39. The third kappa shape index (κ3) is 5.62. The van der Waals surface area contributed by atoms with Gasteiger partial charge in [0.25, 0.3) is 11.8 Å². The minimum absolute atomic E-state index is 0.201. The molecule has 1 saturated heterocycles. The summed E-state index contributed by atoms with van der Waals surface area (Å²) in [5, 5.41) is 3.18. The van der Waals surface area contributed by atoms with Gasteiger partial charge in [-0.05, 0) is 42.5 Å². The van der Waals surface area contributed by atoms with Gasteiger partial charge in [-0.25, -0.2) is 4.39 Å². The molecule has 1 aliphatic heterocycles. The normalized spacial score (nSPS) is 13.5. The van der Waals surface area contributed by atoms with Crippen LogP contribution >= 0.6 is 11.6 Å². The fraction of sp³-hybridized carbons (Fsp3) is 0.200. The summed E-state index contributed by atoms with van der Waals surface area (Å²) in [5.74, 6) is -0.590. The first-order valence-electron chi connectivity index (χ1n) is 10.6. The van der Waals surface area contributed by atoms with Gasteiger partial charge in [-0.15, -0.1) is 0 Å². The van der Waals surface area contributed by atoms with Gasteiger partial charge >= 0.3 is 0 Å². The Bertz CT molecular complexity index is 1130. The van der Waals surface area contributed by atoms with Crippen molar-refractivity contribution in [3.8, 4) is 5.75 Å². The predicted molar refractivity (Wildman–Crippen MR) is 127 cm³/mol. The van der Waals surface area contributed by atoms with Crippen LogP contribution in [0.1, 0.15) is 10.4 Å². The lowest BCUT2D eigenvalue weighted by atomic mass is 10.1. The molecule has 1 aliphatic rings. The van der Waals surface area contributed by atoms with E-state index in [0.717, 1.165) is 0 Å². The molecule has 3 aromatic carbocycles. The Morgan fingerprint density at radius 2 is 1.64 bits per heavy atom. The zero-order chi connectivity index (χ0) is 23.2. The van der Waals surface area contributed by atoms with Gasteiger partial charge in [0.1, 0.15) is 11.6 Å². The van der Waals surface area contributed by atoms with Gasteiger partial charge in [0.05, 0.1) is 11.3 Å². The summed E-state index contributed by atoms with van der Waals surface area (Å²) in [7, 11) is 0. The van der Waals surface area contributed by atoms with Crippen LogP contribution in [0.5, 0.6) is 5.75 Å². The highest BCUT2D eigenvalue weighted by Crippen LogP contribution is 2.25. The molecule has 1 fully saturated rings. The zero-order valence-electron chi connectivity index (χ0n) is 17.8. The molecule has 1 heterocycles. The van der Waals surface area contributed by atoms with E-state index in [0.29, 0.717) is 42.6 Å². The summed E-state index contributed by atoms with van der Waals surface area (Å²) >= 11 is 6.08. The molecule has 6 nitrogen and oxygen atoms in total. The predicted octanol–water partition coefficient (Wildman–Crippen LogP) is 4.46. The van der Waals surface area contributed by atoms with Gasteiger partial charge in [0.15, 0.2) is 6.61 Å². The molecular formula is C25H23ClFN3O3. The fourth-order valence-corrected chi connectivity index (χ4v) is 3.83. The number of hydrogen-bond donors (Lipinski definition) is 1. The van der Waals surface area contributed by atoms with Gasteiger partial charge in [0, 0.05) is 36.9 Å². The van der Waals surface area contributed by atoms with Crippen molar-refractivity contribution < 1.29 is 18.7 Å². The Hall–Kier alpha value is -3.58. The van der Waals surface area contributed by atoms with Gasteiger partial charge in [-0.3, -0.25) is 9.59 Å². The highest BCUT2D eigenvalue weighted by atomic mass is 35.5. The first kappa shape index (κ1) is 22.6. The lowest BCUT2D eigenvalue weighted by molar-refractivity contribution is -0.133. The molecular weight excluding hydrogens is 445 g/mol.